The lowest BCUT2D eigenvalue weighted by molar-refractivity contribution is 0.0471. The standard InChI is InChI=1S/C14H9Cl2IO2/c15-11-6-5-9(7-12(11)16)8-19-14(18)10-3-1-2-4-13(10)17/h1-7H,8H2. The summed E-state index contributed by atoms with van der Waals surface area (Å²) in [5, 5.41) is 0.929. The number of halogens is 3. The zero-order valence-corrected chi connectivity index (χ0v) is 13.4. The Morgan fingerprint density at radius 3 is 2.53 bits per heavy atom. The van der Waals surface area contributed by atoms with E-state index < -0.39 is 0 Å². The fourth-order valence-electron chi connectivity index (χ4n) is 1.48. The van der Waals surface area contributed by atoms with E-state index in [1.54, 1.807) is 30.3 Å². The monoisotopic (exact) mass is 406 g/mol. The lowest BCUT2D eigenvalue weighted by Crippen LogP contribution is -2.07. The van der Waals surface area contributed by atoms with Crippen LogP contribution in [0.5, 0.6) is 0 Å². The van der Waals surface area contributed by atoms with Gasteiger partial charge >= 0.3 is 5.97 Å². The molecule has 0 fully saturated rings. The van der Waals surface area contributed by atoms with Gasteiger partial charge in [0, 0.05) is 3.57 Å². The molecule has 0 bridgehead atoms. The van der Waals surface area contributed by atoms with Crippen molar-refractivity contribution in [2.45, 2.75) is 6.61 Å². The molecule has 2 rings (SSSR count). The van der Waals surface area contributed by atoms with Crippen molar-refractivity contribution in [1.82, 2.24) is 0 Å². The first kappa shape index (κ1) is 14.6. The van der Waals surface area contributed by atoms with Gasteiger partial charge in [-0.3, -0.25) is 0 Å². The first-order chi connectivity index (χ1) is 9.08. The largest absolute Gasteiger partial charge is 0.457 e. The molecule has 0 aromatic heterocycles. The highest BCUT2D eigenvalue weighted by Crippen LogP contribution is 2.23. The Morgan fingerprint density at radius 2 is 1.84 bits per heavy atom. The molecule has 0 saturated carbocycles. The molecular formula is C14H9Cl2IO2. The zero-order valence-electron chi connectivity index (χ0n) is 9.70. The van der Waals surface area contributed by atoms with Gasteiger partial charge in [0.05, 0.1) is 15.6 Å². The molecule has 0 unspecified atom stereocenters. The van der Waals surface area contributed by atoms with Crippen molar-refractivity contribution in [2.24, 2.45) is 0 Å². The number of carbonyl (C=O) groups excluding carboxylic acids is 1. The van der Waals surface area contributed by atoms with E-state index in [2.05, 4.69) is 22.6 Å². The van der Waals surface area contributed by atoms with Crippen molar-refractivity contribution in [3.05, 3.63) is 67.2 Å². The van der Waals surface area contributed by atoms with E-state index in [9.17, 15) is 4.79 Å². The predicted octanol–water partition coefficient (Wildman–Crippen LogP) is 4.96. The zero-order chi connectivity index (χ0) is 13.8. The third-order valence-electron chi connectivity index (χ3n) is 2.45. The molecule has 0 N–H and O–H groups in total. The van der Waals surface area contributed by atoms with Crippen molar-refractivity contribution >= 4 is 51.8 Å². The number of ether oxygens (including phenoxy) is 1. The summed E-state index contributed by atoms with van der Waals surface area (Å²) in [4.78, 5) is 11.9. The molecule has 19 heavy (non-hydrogen) atoms. The molecule has 0 atom stereocenters. The van der Waals surface area contributed by atoms with Crippen LogP contribution in [0.2, 0.25) is 10.0 Å². The number of benzene rings is 2. The van der Waals surface area contributed by atoms with Crippen molar-refractivity contribution in [2.75, 3.05) is 0 Å². The Morgan fingerprint density at radius 1 is 1.11 bits per heavy atom. The first-order valence-corrected chi connectivity index (χ1v) is 7.27. The average Bonchev–Trinajstić information content (AvgIpc) is 2.40. The van der Waals surface area contributed by atoms with Gasteiger partial charge in [0.1, 0.15) is 6.61 Å². The topological polar surface area (TPSA) is 26.3 Å². The van der Waals surface area contributed by atoms with Crippen LogP contribution in [0.4, 0.5) is 0 Å². The molecule has 0 amide bonds. The highest BCUT2D eigenvalue weighted by atomic mass is 127. The normalized spacial score (nSPS) is 10.3. The molecule has 0 aliphatic rings. The summed E-state index contributed by atoms with van der Waals surface area (Å²) < 4.78 is 6.10. The van der Waals surface area contributed by atoms with Gasteiger partial charge in [-0.15, -0.1) is 0 Å². The summed E-state index contributed by atoms with van der Waals surface area (Å²) in [5.41, 5.74) is 1.36. The SMILES string of the molecule is O=C(OCc1ccc(Cl)c(Cl)c1)c1ccccc1I. The van der Waals surface area contributed by atoms with Crippen LogP contribution in [0.3, 0.4) is 0 Å². The first-order valence-electron chi connectivity index (χ1n) is 5.43. The minimum Gasteiger partial charge on any atom is -0.457 e. The molecule has 0 radical (unpaired) electrons. The van der Waals surface area contributed by atoms with E-state index in [0.29, 0.717) is 15.6 Å². The fraction of sp³-hybridized carbons (Fsp3) is 0.0714. The summed E-state index contributed by atoms with van der Waals surface area (Å²) in [6.07, 6.45) is 0. The van der Waals surface area contributed by atoms with Crippen LogP contribution in [0.15, 0.2) is 42.5 Å². The molecule has 2 aromatic rings. The Labute approximate surface area is 134 Å². The van der Waals surface area contributed by atoms with Crippen molar-refractivity contribution in [1.29, 1.82) is 0 Å². The van der Waals surface area contributed by atoms with Gasteiger partial charge in [0.15, 0.2) is 0 Å². The van der Waals surface area contributed by atoms with Crippen molar-refractivity contribution in [3.63, 3.8) is 0 Å². The van der Waals surface area contributed by atoms with Crippen LogP contribution in [-0.4, -0.2) is 5.97 Å². The predicted molar refractivity (Wildman–Crippen MR) is 84.7 cm³/mol. The van der Waals surface area contributed by atoms with Gasteiger partial charge in [-0.1, -0.05) is 41.4 Å². The van der Waals surface area contributed by atoms with Crippen LogP contribution < -0.4 is 0 Å². The third-order valence-corrected chi connectivity index (χ3v) is 4.13. The minimum absolute atomic E-state index is 0.167. The van der Waals surface area contributed by atoms with E-state index >= 15 is 0 Å². The number of hydrogen-bond donors (Lipinski definition) is 0. The molecule has 0 saturated heterocycles. The number of hydrogen-bond acceptors (Lipinski definition) is 2. The maximum absolute atomic E-state index is 11.9. The summed E-state index contributed by atoms with van der Waals surface area (Å²) >= 11 is 13.8. The highest BCUT2D eigenvalue weighted by Gasteiger charge is 2.11. The van der Waals surface area contributed by atoms with Crippen LogP contribution in [0, 0.1) is 3.57 Å². The molecular weight excluding hydrogens is 398 g/mol. The van der Waals surface area contributed by atoms with Crippen LogP contribution in [0.1, 0.15) is 15.9 Å². The van der Waals surface area contributed by atoms with E-state index in [1.807, 2.05) is 12.1 Å². The second-order valence-corrected chi connectivity index (χ2v) is 5.78. The Kier molecular flexibility index (Phi) is 5.07. The third kappa shape index (κ3) is 3.84. The summed E-state index contributed by atoms with van der Waals surface area (Å²) in [7, 11) is 0. The molecule has 2 nitrogen and oxygen atoms in total. The molecule has 5 heteroatoms. The van der Waals surface area contributed by atoms with Crippen LogP contribution in [0.25, 0.3) is 0 Å². The Balaban J connectivity index is 2.04. The average molecular weight is 407 g/mol. The van der Waals surface area contributed by atoms with E-state index in [0.717, 1.165) is 9.13 Å². The molecule has 0 aliphatic heterocycles. The number of rotatable bonds is 3. The van der Waals surface area contributed by atoms with Gasteiger partial charge in [0.2, 0.25) is 0 Å². The van der Waals surface area contributed by atoms with Gasteiger partial charge in [-0.05, 0) is 52.4 Å². The maximum atomic E-state index is 11.9. The molecule has 98 valence electrons. The van der Waals surface area contributed by atoms with Gasteiger partial charge in [-0.2, -0.15) is 0 Å². The van der Waals surface area contributed by atoms with Gasteiger partial charge in [-0.25, -0.2) is 4.79 Å². The van der Waals surface area contributed by atoms with Crippen LogP contribution in [-0.2, 0) is 11.3 Å². The van der Waals surface area contributed by atoms with Crippen molar-refractivity contribution < 1.29 is 9.53 Å². The lowest BCUT2D eigenvalue weighted by Gasteiger charge is -2.07. The minimum atomic E-state index is -0.351. The van der Waals surface area contributed by atoms with Gasteiger partial charge < -0.3 is 4.74 Å². The summed E-state index contributed by atoms with van der Waals surface area (Å²) in [5.74, 6) is -0.351. The number of esters is 1. The fourth-order valence-corrected chi connectivity index (χ4v) is 2.41. The van der Waals surface area contributed by atoms with E-state index in [-0.39, 0.29) is 12.6 Å². The molecule has 0 heterocycles. The smallest absolute Gasteiger partial charge is 0.339 e. The van der Waals surface area contributed by atoms with Gasteiger partial charge in [0.25, 0.3) is 0 Å². The molecule has 2 aromatic carbocycles. The molecule has 0 aliphatic carbocycles. The second kappa shape index (κ2) is 6.59. The summed E-state index contributed by atoms with van der Waals surface area (Å²) in [6, 6.07) is 12.4. The van der Waals surface area contributed by atoms with E-state index in [4.69, 9.17) is 27.9 Å². The Bertz CT molecular complexity index is 614. The number of carbonyl (C=O) groups is 1. The Hall–Kier alpha value is -0.780. The van der Waals surface area contributed by atoms with E-state index in [1.165, 1.54) is 0 Å². The van der Waals surface area contributed by atoms with Crippen molar-refractivity contribution in [3.8, 4) is 0 Å². The quantitative estimate of drug-likeness (QED) is 0.532. The van der Waals surface area contributed by atoms with Crippen LogP contribution >= 0.6 is 45.8 Å². The second-order valence-electron chi connectivity index (χ2n) is 3.80. The maximum Gasteiger partial charge on any atom is 0.339 e. The highest BCUT2D eigenvalue weighted by molar-refractivity contribution is 14.1. The summed E-state index contributed by atoms with van der Waals surface area (Å²) in [6.45, 7) is 0.167. The molecule has 0 spiro atoms. The lowest BCUT2D eigenvalue weighted by atomic mass is 10.2.